The molecule has 0 aromatic carbocycles. The number of rotatable bonds is 13. The van der Waals surface area contributed by atoms with Gasteiger partial charge in [-0.3, -0.25) is 19.2 Å². The van der Waals surface area contributed by atoms with Gasteiger partial charge in [-0.15, -0.1) is 0 Å². The summed E-state index contributed by atoms with van der Waals surface area (Å²) in [6.45, 7) is 1.06. The lowest BCUT2D eigenvalue weighted by Gasteiger charge is -2.20. The van der Waals surface area contributed by atoms with Crippen molar-refractivity contribution < 1.29 is 54.9 Å². The van der Waals surface area contributed by atoms with E-state index >= 15 is 0 Å². The first kappa shape index (κ1) is 30.5. The molecule has 166 valence electrons. The second-order valence-corrected chi connectivity index (χ2v) is 6.27. The molecule has 0 unspecified atom stereocenters. The molecule has 0 aliphatic rings. The minimum atomic E-state index is -0.870. The average Bonchev–Trinajstić information content (AvgIpc) is 2.62. The van der Waals surface area contributed by atoms with Crippen molar-refractivity contribution in [1.29, 1.82) is 0 Å². The Kier molecular flexibility index (Phi) is 21.3. The Balaban J connectivity index is -0.000000337. The van der Waals surface area contributed by atoms with Crippen LogP contribution in [0, 0.1) is 5.41 Å². The first-order chi connectivity index (χ1) is 12.9. The first-order valence-electron chi connectivity index (χ1n) is 8.63. The van der Waals surface area contributed by atoms with Gasteiger partial charge in [-0.1, -0.05) is 6.92 Å². The second kappa shape index (κ2) is 19.5. The Labute approximate surface area is 163 Å². The number of carboxylic acid groups (broad SMARTS) is 4. The summed E-state index contributed by atoms with van der Waals surface area (Å²) in [4.78, 5) is 39.6. The Morgan fingerprint density at radius 3 is 0.786 bits per heavy atom. The third-order valence-electron chi connectivity index (χ3n) is 3.21. The van der Waals surface area contributed by atoms with Crippen LogP contribution < -0.4 is 0 Å². The van der Waals surface area contributed by atoms with Crippen molar-refractivity contribution in [2.24, 2.45) is 5.41 Å². The van der Waals surface area contributed by atoms with Crippen LogP contribution in [0.1, 0.15) is 58.3 Å². The molecule has 0 aromatic rings. The van der Waals surface area contributed by atoms with Gasteiger partial charge in [-0.2, -0.15) is 0 Å². The molecule has 0 radical (unpaired) electrons. The minimum absolute atomic E-state index is 0.0628. The number of aliphatic carboxylic acids is 4. The van der Waals surface area contributed by atoms with E-state index in [1.807, 2.05) is 0 Å². The van der Waals surface area contributed by atoms with Gasteiger partial charge in [0.25, 0.3) is 0 Å². The Bertz CT molecular complexity index is 372. The number of carbonyl (C=O) groups is 4. The van der Waals surface area contributed by atoms with Gasteiger partial charge in [-0.05, 0) is 25.7 Å². The maximum absolute atomic E-state index is 9.90. The predicted molar refractivity (Wildman–Crippen MR) is 96.8 cm³/mol. The summed E-state index contributed by atoms with van der Waals surface area (Å²) in [5, 5.41) is 57.9. The molecule has 0 aromatic heterocycles. The number of carboxylic acids is 4. The number of aliphatic hydroxyl groups is 3. The standard InChI is InChI=1S/2C6H10O4.C5H12O3/c2*7-5(8)3-1-2-4-6(9)10;1-5(2-6,3-7)4-8/h2*1-4H2,(H,7,8)(H,9,10);6-8H,2-4H2,1H3. The number of hydrogen-bond acceptors (Lipinski definition) is 7. The minimum Gasteiger partial charge on any atom is -0.481 e. The van der Waals surface area contributed by atoms with Gasteiger partial charge in [0.15, 0.2) is 0 Å². The van der Waals surface area contributed by atoms with Gasteiger partial charge in [0.2, 0.25) is 0 Å². The van der Waals surface area contributed by atoms with E-state index in [1.165, 1.54) is 0 Å². The zero-order valence-electron chi connectivity index (χ0n) is 16.0. The van der Waals surface area contributed by atoms with Gasteiger partial charge in [0, 0.05) is 31.1 Å². The topological polar surface area (TPSA) is 210 Å². The summed E-state index contributed by atoms with van der Waals surface area (Å²) in [5.41, 5.74) is -0.708. The lowest BCUT2D eigenvalue weighted by molar-refractivity contribution is -0.139. The molecule has 0 bridgehead atoms. The van der Waals surface area contributed by atoms with Crippen molar-refractivity contribution in [3.8, 4) is 0 Å². The second-order valence-electron chi connectivity index (χ2n) is 6.27. The summed E-state index contributed by atoms with van der Waals surface area (Å²) in [6.07, 6.45) is 2.04. The molecular weight excluding hydrogens is 380 g/mol. The molecule has 0 amide bonds. The Morgan fingerprint density at radius 2 is 0.714 bits per heavy atom. The first-order valence-corrected chi connectivity index (χ1v) is 8.63. The summed E-state index contributed by atoms with van der Waals surface area (Å²) in [5.74, 6) is -3.48. The van der Waals surface area contributed by atoms with E-state index in [4.69, 9.17) is 35.7 Å². The molecule has 0 fully saturated rings. The fourth-order valence-corrected chi connectivity index (χ4v) is 1.25. The van der Waals surface area contributed by atoms with Crippen molar-refractivity contribution >= 4 is 23.9 Å². The molecule has 0 atom stereocenters. The summed E-state index contributed by atoms with van der Waals surface area (Å²) >= 11 is 0. The van der Waals surface area contributed by atoms with Crippen molar-refractivity contribution in [3.05, 3.63) is 0 Å². The molecule has 0 heterocycles. The van der Waals surface area contributed by atoms with E-state index in [0.717, 1.165) is 0 Å². The van der Waals surface area contributed by atoms with E-state index in [1.54, 1.807) is 6.92 Å². The fourth-order valence-electron chi connectivity index (χ4n) is 1.25. The van der Waals surface area contributed by atoms with Crippen molar-refractivity contribution in [1.82, 2.24) is 0 Å². The van der Waals surface area contributed by atoms with Crippen LogP contribution in [-0.2, 0) is 19.2 Å². The van der Waals surface area contributed by atoms with Crippen LogP contribution in [0.5, 0.6) is 0 Å². The highest BCUT2D eigenvalue weighted by molar-refractivity contribution is 5.68. The van der Waals surface area contributed by atoms with E-state index in [2.05, 4.69) is 0 Å². The van der Waals surface area contributed by atoms with Gasteiger partial charge in [0.05, 0.1) is 19.8 Å². The van der Waals surface area contributed by atoms with Crippen molar-refractivity contribution in [3.63, 3.8) is 0 Å². The lowest BCUT2D eigenvalue weighted by atomic mass is 9.95. The molecule has 0 saturated heterocycles. The van der Waals surface area contributed by atoms with Crippen LogP contribution in [0.3, 0.4) is 0 Å². The summed E-state index contributed by atoms with van der Waals surface area (Å²) in [7, 11) is 0. The monoisotopic (exact) mass is 412 g/mol. The zero-order valence-corrected chi connectivity index (χ0v) is 16.0. The van der Waals surface area contributed by atoms with Crippen LogP contribution in [-0.4, -0.2) is 79.4 Å². The maximum atomic E-state index is 9.90. The molecule has 0 saturated carbocycles. The zero-order chi connectivity index (χ0) is 22.6. The molecule has 0 aliphatic heterocycles. The highest BCUT2D eigenvalue weighted by atomic mass is 16.4. The van der Waals surface area contributed by atoms with Crippen LogP contribution in [0.2, 0.25) is 0 Å². The third-order valence-corrected chi connectivity index (χ3v) is 3.21. The smallest absolute Gasteiger partial charge is 0.303 e. The van der Waals surface area contributed by atoms with E-state index < -0.39 is 29.3 Å². The molecule has 11 heteroatoms. The number of aliphatic hydroxyl groups excluding tert-OH is 3. The Morgan fingerprint density at radius 1 is 0.536 bits per heavy atom. The van der Waals surface area contributed by atoms with Crippen LogP contribution in [0.15, 0.2) is 0 Å². The average molecular weight is 412 g/mol. The van der Waals surface area contributed by atoms with Crippen molar-refractivity contribution in [2.45, 2.75) is 58.3 Å². The molecule has 7 N–H and O–H groups in total. The van der Waals surface area contributed by atoms with Crippen LogP contribution >= 0.6 is 0 Å². The molecule has 28 heavy (non-hydrogen) atoms. The van der Waals surface area contributed by atoms with Gasteiger partial charge >= 0.3 is 23.9 Å². The highest BCUT2D eigenvalue weighted by Crippen LogP contribution is 2.11. The van der Waals surface area contributed by atoms with Gasteiger partial charge < -0.3 is 35.7 Å². The highest BCUT2D eigenvalue weighted by Gasteiger charge is 2.20. The number of unbranched alkanes of at least 4 members (excludes halogenated alkanes) is 2. The lowest BCUT2D eigenvalue weighted by Crippen LogP contribution is -2.29. The Hall–Kier alpha value is -2.24. The summed E-state index contributed by atoms with van der Waals surface area (Å²) < 4.78 is 0. The third kappa shape index (κ3) is 28.6. The van der Waals surface area contributed by atoms with E-state index in [0.29, 0.717) is 25.7 Å². The molecular formula is C17H32O11. The van der Waals surface area contributed by atoms with Crippen molar-refractivity contribution in [2.75, 3.05) is 19.8 Å². The van der Waals surface area contributed by atoms with Gasteiger partial charge in [-0.25, -0.2) is 0 Å². The quantitative estimate of drug-likeness (QED) is 0.206. The molecule has 11 nitrogen and oxygen atoms in total. The maximum Gasteiger partial charge on any atom is 0.303 e. The van der Waals surface area contributed by atoms with E-state index in [9.17, 15) is 19.2 Å². The van der Waals surface area contributed by atoms with Gasteiger partial charge in [0.1, 0.15) is 0 Å². The summed E-state index contributed by atoms with van der Waals surface area (Å²) in [6, 6.07) is 0. The van der Waals surface area contributed by atoms with E-state index in [-0.39, 0.29) is 45.5 Å². The van der Waals surface area contributed by atoms with Crippen LogP contribution in [0.4, 0.5) is 0 Å². The normalized spacial score (nSPS) is 10.0. The number of hydrogen-bond donors (Lipinski definition) is 7. The van der Waals surface area contributed by atoms with Crippen LogP contribution in [0.25, 0.3) is 0 Å². The molecule has 0 rings (SSSR count). The largest absolute Gasteiger partial charge is 0.481 e. The fraction of sp³-hybridized carbons (Fsp3) is 0.765. The SMILES string of the molecule is CC(CO)(CO)CO.O=C(O)CCCCC(=O)O.O=C(O)CCCCC(=O)O. The molecule has 0 aliphatic carbocycles. The predicted octanol–water partition coefficient (Wildman–Crippen LogP) is 0.402. The molecule has 0 spiro atoms.